The number of thiophene rings is 1. The molecule has 2 aromatic carbocycles. The van der Waals surface area contributed by atoms with Crippen LogP contribution in [0.4, 0.5) is 5.69 Å². The molecule has 0 N–H and O–H groups in total. The van der Waals surface area contributed by atoms with Gasteiger partial charge in [0.2, 0.25) is 10.0 Å². The van der Waals surface area contributed by atoms with Crippen molar-refractivity contribution in [3.63, 3.8) is 0 Å². The van der Waals surface area contributed by atoms with Crippen LogP contribution in [0.2, 0.25) is 0 Å². The van der Waals surface area contributed by atoms with Gasteiger partial charge < -0.3 is 4.90 Å². The van der Waals surface area contributed by atoms with Gasteiger partial charge >= 0.3 is 0 Å². The summed E-state index contributed by atoms with van der Waals surface area (Å²) in [7, 11) is -3.67. The highest BCUT2D eigenvalue weighted by Gasteiger charge is 2.33. The van der Waals surface area contributed by atoms with Crippen LogP contribution >= 0.6 is 11.3 Å². The minimum absolute atomic E-state index is 0.282. The zero-order valence-corrected chi connectivity index (χ0v) is 19.2. The van der Waals surface area contributed by atoms with E-state index in [9.17, 15) is 8.42 Å². The number of anilines is 1. The molecular weight excluding hydrogens is 440 g/mol. The first-order chi connectivity index (χ1) is 15.6. The van der Waals surface area contributed by atoms with Crippen molar-refractivity contribution in [2.45, 2.75) is 11.4 Å². The number of para-hydroxylation sites is 1. The predicted molar refractivity (Wildman–Crippen MR) is 128 cm³/mol. The Morgan fingerprint density at radius 2 is 1.53 bits per heavy atom. The maximum absolute atomic E-state index is 13.7. The Morgan fingerprint density at radius 3 is 2.19 bits per heavy atom. The summed E-state index contributed by atoms with van der Waals surface area (Å²) >= 11 is 1.50. The van der Waals surface area contributed by atoms with Crippen LogP contribution in [0, 0.1) is 0 Å². The first-order valence-corrected chi connectivity index (χ1v) is 12.9. The Balaban J connectivity index is 1.42. The molecule has 5 rings (SSSR count). The maximum atomic E-state index is 13.7. The van der Waals surface area contributed by atoms with E-state index in [0.29, 0.717) is 38.4 Å². The van der Waals surface area contributed by atoms with Crippen molar-refractivity contribution in [3.05, 3.63) is 89.9 Å². The van der Waals surface area contributed by atoms with Gasteiger partial charge in [0.25, 0.3) is 0 Å². The van der Waals surface area contributed by atoms with Gasteiger partial charge in [-0.2, -0.15) is 9.40 Å². The van der Waals surface area contributed by atoms with Crippen molar-refractivity contribution in [2.24, 2.45) is 0 Å². The minimum Gasteiger partial charge on any atom is -0.369 e. The molecule has 4 aromatic rings. The highest BCUT2D eigenvalue weighted by Crippen LogP contribution is 2.32. The summed E-state index contributed by atoms with van der Waals surface area (Å²) in [4.78, 5) is 3.37. The largest absolute Gasteiger partial charge is 0.369 e. The van der Waals surface area contributed by atoms with Gasteiger partial charge in [-0.25, -0.2) is 8.42 Å². The minimum atomic E-state index is -3.67. The Morgan fingerprint density at radius 1 is 0.844 bits per heavy atom. The molecule has 0 saturated carbocycles. The molecule has 6 nitrogen and oxygen atoms in total. The Hall–Kier alpha value is -2.94. The number of piperazine rings is 1. The van der Waals surface area contributed by atoms with E-state index in [-0.39, 0.29) is 4.90 Å². The molecule has 3 heterocycles. The van der Waals surface area contributed by atoms with Crippen LogP contribution in [0.1, 0.15) is 5.56 Å². The van der Waals surface area contributed by atoms with Crippen molar-refractivity contribution in [1.82, 2.24) is 14.1 Å². The number of sulfonamides is 1. The lowest BCUT2D eigenvalue weighted by molar-refractivity contribution is 0.385. The van der Waals surface area contributed by atoms with Gasteiger partial charge in [-0.15, -0.1) is 11.3 Å². The molecule has 1 aliphatic heterocycles. The molecule has 8 heteroatoms. The lowest BCUT2D eigenvalue weighted by Crippen LogP contribution is -2.48. The summed E-state index contributed by atoms with van der Waals surface area (Å²) in [6, 6.07) is 23.9. The molecular formula is C24H24N4O2S2. The lowest BCUT2D eigenvalue weighted by atomic mass is 10.2. The number of benzene rings is 2. The highest BCUT2D eigenvalue weighted by atomic mass is 32.2. The smallest absolute Gasteiger partial charge is 0.246 e. The molecule has 1 saturated heterocycles. The SMILES string of the molecule is O=S(=O)(c1cn(Cc2ccccc2)nc1-c1cccs1)N1CCN(c2ccccc2)CC1. The number of hydrogen-bond acceptors (Lipinski definition) is 5. The maximum Gasteiger partial charge on any atom is 0.246 e. The Kier molecular flexibility index (Phi) is 5.82. The third-order valence-electron chi connectivity index (χ3n) is 5.65. The van der Waals surface area contributed by atoms with E-state index in [0.717, 1.165) is 16.1 Å². The highest BCUT2D eigenvalue weighted by molar-refractivity contribution is 7.89. The van der Waals surface area contributed by atoms with Crippen LogP contribution in [0.3, 0.4) is 0 Å². The fourth-order valence-electron chi connectivity index (χ4n) is 3.99. The zero-order valence-electron chi connectivity index (χ0n) is 17.5. The van der Waals surface area contributed by atoms with Crippen LogP contribution in [0.5, 0.6) is 0 Å². The second-order valence-corrected chi connectivity index (χ2v) is 10.6. The molecule has 1 aliphatic rings. The molecule has 0 radical (unpaired) electrons. The predicted octanol–water partition coefficient (Wildman–Crippen LogP) is 4.17. The summed E-state index contributed by atoms with van der Waals surface area (Å²) < 4.78 is 30.7. The van der Waals surface area contributed by atoms with Crippen LogP contribution in [-0.2, 0) is 16.6 Å². The van der Waals surface area contributed by atoms with Crippen LogP contribution in [0.15, 0.2) is 89.3 Å². The van der Waals surface area contributed by atoms with Crippen molar-refractivity contribution in [2.75, 3.05) is 31.1 Å². The van der Waals surface area contributed by atoms with Gasteiger partial charge in [-0.1, -0.05) is 54.6 Å². The molecule has 0 unspecified atom stereocenters. The standard InChI is InChI=1S/C24H24N4O2S2/c29-32(30,28-15-13-26(14-16-28)21-10-5-2-6-11-21)23-19-27(18-20-8-3-1-4-9-20)25-24(23)22-12-7-17-31-22/h1-12,17,19H,13-16,18H2. The second kappa shape index (κ2) is 8.90. The van der Waals surface area contributed by atoms with E-state index < -0.39 is 10.0 Å². The van der Waals surface area contributed by atoms with Crippen LogP contribution in [0.25, 0.3) is 10.6 Å². The molecule has 164 valence electrons. The van der Waals surface area contributed by atoms with Crippen molar-refractivity contribution in [3.8, 4) is 10.6 Å². The quantitative estimate of drug-likeness (QED) is 0.430. The average molecular weight is 465 g/mol. The van der Waals surface area contributed by atoms with Gasteiger partial charge in [0.1, 0.15) is 10.6 Å². The Bertz CT molecular complexity index is 1260. The van der Waals surface area contributed by atoms with E-state index in [1.54, 1.807) is 15.2 Å². The average Bonchev–Trinajstić information content (AvgIpc) is 3.51. The molecule has 0 amide bonds. The first-order valence-electron chi connectivity index (χ1n) is 10.6. The van der Waals surface area contributed by atoms with E-state index in [1.165, 1.54) is 11.3 Å². The van der Waals surface area contributed by atoms with Gasteiger partial charge in [0.05, 0.1) is 11.4 Å². The molecule has 2 aromatic heterocycles. The fourth-order valence-corrected chi connectivity index (χ4v) is 6.35. The van der Waals surface area contributed by atoms with E-state index >= 15 is 0 Å². The molecule has 32 heavy (non-hydrogen) atoms. The van der Waals surface area contributed by atoms with Gasteiger partial charge in [-0.3, -0.25) is 4.68 Å². The van der Waals surface area contributed by atoms with E-state index in [4.69, 9.17) is 0 Å². The summed E-state index contributed by atoms with van der Waals surface area (Å²) in [6.07, 6.45) is 1.68. The molecule has 0 bridgehead atoms. The third-order valence-corrected chi connectivity index (χ3v) is 8.42. The molecule has 0 aliphatic carbocycles. The van der Waals surface area contributed by atoms with Crippen LogP contribution in [-0.4, -0.2) is 48.7 Å². The molecule has 0 atom stereocenters. The summed E-state index contributed by atoms with van der Waals surface area (Å²) in [5.41, 5.74) is 2.73. The summed E-state index contributed by atoms with van der Waals surface area (Å²) in [5.74, 6) is 0. The molecule has 0 spiro atoms. The van der Waals surface area contributed by atoms with Crippen LogP contribution < -0.4 is 4.90 Å². The molecule has 1 fully saturated rings. The summed E-state index contributed by atoms with van der Waals surface area (Å²) in [6.45, 7) is 2.75. The van der Waals surface area contributed by atoms with Crippen molar-refractivity contribution < 1.29 is 8.42 Å². The first kappa shape index (κ1) is 20.9. The summed E-state index contributed by atoms with van der Waals surface area (Å²) in [5, 5.41) is 6.63. The fraction of sp³-hybridized carbons (Fsp3) is 0.208. The zero-order chi connectivity index (χ0) is 22.0. The Labute approximate surface area is 192 Å². The van der Waals surface area contributed by atoms with E-state index in [2.05, 4.69) is 22.1 Å². The third kappa shape index (κ3) is 4.21. The van der Waals surface area contributed by atoms with Crippen molar-refractivity contribution >= 4 is 27.0 Å². The number of rotatable bonds is 6. The number of nitrogens with zero attached hydrogens (tertiary/aromatic N) is 4. The van der Waals surface area contributed by atoms with Gasteiger partial charge in [0, 0.05) is 38.1 Å². The second-order valence-electron chi connectivity index (χ2n) is 7.73. The topological polar surface area (TPSA) is 58.4 Å². The van der Waals surface area contributed by atoms with Crippen molar-refractivity contribution in [1.29, 1.82) is 0 Å². The monoisotopic (exact) mass is 464 g/mol. The number of aromatic nitrogens is 2. The lowest BCUT2D eigenvalue weighted by Gasteiger charge is -2.35. The number of hydrogen-bond donors (Lipinski definition) is 0. The van der Waals surface area contributed by atoms with E-state index in [1.807, 2.05) is 66.0 Å². The van der Waals surface area contributed by atoms with Gasteiger partial charge in [-0.05, 0) is 29.1 Å². The normalized spacial score (nSPS) is 15.2. The van der Waals surface area contributed by atoms with Gasteiger partial charge in [0.15, 0.2) is 0 Å².